The van der Waals surface area contributed by atoms with Gasteiger partial charge in [0.15, 0.2) is 0 Å². The number of H-pyrrole nitrogens is 3. The van der Waals surface area contributed by atoms with Gasteiger partial charge in [-0.1, -0.05) is 0 Å². The average Bonchev–Trinajstić information content (AvgIpc) is 3.08. The number of rotatable bonds is 5. The topological polar surface area (TPSA) is 119 Å². The summed E-state index contributed by atoms with van der Waals surface area (Å²) in [6.45, 7) is 0.142. The molecule has 0 bridgehead atoms. The first-order chi connectivity index (χ1) is 10.6. The van der Waals surface area contributed by atoms with E-state index in [1.54, 1.807) is 6.07 Å². The first kappa shape index (κ1) is 14.0. The molecule has 0 aliphatic heterocycles. The molecular weight excluding hydrogens is 291 g/mol. The number of aryl methyl sites for hydroxylation is 1. The van der Waals surface area contributed by atoms with Gasteiger partial charge in [-0.05, 0) is 18.2 Å². The van der Waals surface area contributed by atoms with Crippen molar-refractivity contribution >= 4 is 16.9 Å². The lowest BCUT2D eigenvalue weighted by atomic mass is 10.3. The third-order valence-electron chi connectivity index (χ3n) is 3.09. The molecule has 8 nitrogen and oxygen atoms in total. The van der Waals surface area contributed by atoms with E-state index >= 15 is 0 Å². The quantitative estimate of drug-likeness (QED) is 0.544. The Bertz CT molecular complexity index is 865. The molecule has 1 aromatic carbocycles. The van der Waals surface area contributed by atoms with Crippen LogP contribution in [0.1, 0.15) is 18.1 Å². The minimum atomic E-state index is -0.418. The van der Waals surface area contributed by atoms with Gasteiger partial charge >= 0.3 is 5.69 Å². The second kappa shape index (κ2) is 5.80. The molecule has 3 aromatic rings. The fourth-order valence-corrected chi connectivity index (χ4v) is 2.04. The largest absolute Gasteiger partial charge is 0.349 e. The highest BCUT2D eigenvalue weighted by atomic mass is 19.1. The normalized spacial score (nSPS) is 11.0. The second-order valence-corrected chi connectivity index (χ2v) is 4.75. The van der Waals surface area contributed by atoms with Crippen molar-refractivity contribution in [3.8, 4) is 0 Å². The Labute approximate surface area is 123 Å². The van der Waals surface area contributed by atoms with Crippen LogP contribution in [0.25, 0.3) is 11.0 Å². The summed E-state index contributed by atoms with van der Waals surface area (Å²) >= 11 is 0. The van der Waals surface area contributed by atoms with Crippen molar-refractivity contribution in [1.82, 2.24) is 30.5 Å². The van der Waals surface area contributed by atoms with Gasteiger partial charge in [-0.25, -0.2) is 19.3 Å². The molecule has 22 heavy (non-hydrogen) atoms. The van der Waals surface area contributed by atoms with Crippen LogP contribution in [0.5, 0.6) is 0 Å². The zero-order chi connectivity index (χ0) is 15.5. The summed E-state index contributed by atoms with van der Waals surface area (Å²) in [4.78, 5) is 32.2. The van der Waals surface area contributed by atoms with Crippen LogP contribution in [-0.4, -0.2) is 31.1 Å². The van der Waals surface area contributed by atoms with E-state index in [9.17, 15) is 14.0 Å². The maximum atomic E-state index is 13.1. The van der Waals surface area contributed by atoms with Crippen LogP contribution in [0.4, 0.5) is 4.39 Å². The number of fused-ring (bicyclic) bond motifs is 1. The van der Waals surface area contributed by atoms with Crippen molar-refractivity contribution in [2.45, 2.75) is 19.4 Å². The molecular formula is C13H13FN6O2. The molecule has 1 amide bonds. The van der Waals surface area contributed by atoms with Crippen LogP contribution in [0.3, 0.4) is 0 Å². The van der Waals surface area contributed by atoms with Crippen molar-refractivity contribution < 1.29 is 9.18 Å². The lowest BCUT2D eigenvalue weighted by Crippen LogP contribution is -2.24. The third kappa shape index (κ3) is 3.19. The summed E-state index contributed by atoms with van der Waals surface area (Å²) in [5, 5.41) is 8.53. The Kier molecular flexibility index (Phi) is 3.69. The maximum Gasteiger partial charge on any atom is 0.340 e. The van der Waals surface area contributed by atoms with Crippen molar-refractivity contribution in [3.63, 3.8) is 0 Å². The summed E-state index contributed by atoms with van der Waals surface area (Å²) in [6, 6.07) is 4.28. The highest BCUT2D eigenvalue weighted by Gasteiger charge is 2.08. The van der Waals surface area contributed by atoms with E-state index in [4.69, 9.17) is 0 Å². The molecule has 0 spiro atoms. The Morgan fingerprint density at radius 3 is 2.91 bits per heavy atom. The van der Waals surface area contributed by atoms with E-state index in [2.05, 4.69) is 30.5 Å². The highest BCUT2D eigenvalue weighted by Crippen LogP contribution is 2.13. The summed E-state index contributed by atoms with van der Waals surface area (Å²) in [7, 11) is 0. The zero-order valence-corrected chi connectivity index (χ0v) is 11.4. The van der Waals surface area contributed by atoms with Gasteiger partial charge < -0.3 is 10.3 Å². The van der Waals surface area contributed by atoms with Crippen LogP contribution < -0.4 is 11.0 Å². The first-order valence-electron chi connectivity index (χ1n) is 6.64. The first-order valence-corrected chi connectivity index (χ1v) is 6.64. The SMILES string of the molecule is O=C(CCc1nc2ccc(F)cc2[nH]1)NCc1n[nH]c(=O)[nH]1. The van der Waals surface area contributed by atoms with Gasteiger partial charge in [-0.2, -0.15) is 5.10 Å². The predicted octanol–water partition coefficient (Wildman–Crippen LogP) is 0.362. The fraction of sp³-hybridized carbons (Fsp3) is 0.231. The summed E-state index contributed by atoms with van der Waals surface area (Å²) in [5.74, 6) is 0.436. The van der Waals surface area contributed by atoms with Gasteiger partial charge in [0.1, 0.15) is 17.5 Å². The molecule has 114 valence electrons. The lowest BCUT2D eigenvalue weighted by Gasteiger charge is -2.01. The summed E-state index contributed by atoms with van der Waals surface area (Å²) in [5.41, 5.74) is 0.842. The van der Waals surface area contributed by atoms with E-state index in [0.717, 1.165) is 0 Å². The second-order valence-electron chi connectivity index (χ2n) is 4.75. The van der Waals surface area contributed by atoms with Crippen molar-refractivity contribution in [3.05, 3.63) is 46.1 Å². The fourth-order valence-electron chi connectivity index (χ4n) is 2.04. The minimum Gasteiger partial charge on any atom is -0.349 e. The molecule has 0 saturated carbocycles. The number of nitrogens with zero attached hydrogens (tertiary/aromatic N) is 2. The number of amides is 1. The number of carbonyl (C=O) groups excluding carboxylic acids is 1. The van der Waals surface area contributed by atoms with Crippen LogP contribution in [0.2, 0.25) is 0 Å². The van der Waals surface area contributed by atoms with Gasteiger partial charge in [0.2, 0.25) is 5.91 Å². The lowest BCUT2D eigenvalue weighted by molar-refractivity contribution is -0.121. The zero-order valence-electron chi connectivity index (χ0n) is 11.4. The molecule has 4 N–H and O–H groups in total. The number of nitrogens with one attached hydrogen (secondary N) is 4. The molecule has 0 aliphatic carbocycles. The monoisotopic (exact) mass is 304 g/mol. The van der Waals surface area contributed by atoms with Crippen LogP contribution in [0.15, 0.2) is 23.0 Å². The number of hydrogen-bond donors (Lipinski definition) is 4. The van der Waals surface area contributed by atoms with Gasteiger partial charge in [0, 0.05) is 12.8 Å². The van der Waals surface area contributed by atoms with Crippen molar-refractivity contribution in [2.24, 2.45) is 0 Å². The molecule has 0 atom stereocenters. The molecule has 0 aliphatic rings. The number of hydrogen-bond acceptors (Lipinski definition) is 4. The Hall–Kier alpha value is -2.97. The molecule has 2 heterocycles. The van der Waals surface area contributed by atoms with Crippen LogP contribution >= 0.6 is 0 Å². The Morgan fingerprint density at radius 1 is 1.27 bits per heavy atom. The summed E-state index contributed by atoms with van der Waals surface area (Å²) < 4.78 is 13.1. The van der Waals surface area contributed by atoms with E-state index < -0.39 is 5.69 Å². The Morgan fingerprint density at radius 2 is 2.14 bits per heavy atom. The number of halogens is 1. The summed E-state index contributed by atoms with van der Waals surface area (Å²) in [6.07, 6.45) is 0.621. The smallest absolute Gasteiger partial charge is 0.340 e. The minimum absolute atomic E-state index is 0.142. The molecule has 0 radical (unpaired) electrons. The van der Waals surface area contributed by atoms with Gasteiger partial charge in [-0.15, -0.1) is 0 Å². The molecule has 2 aromatic heterocycles. The maximum absolute atomic E-state index is 13.1. The van der Waals surface area contributed by atoms with Crippen LogP contribution in [0, 0.1) is 5.82 Å². The number of carbonyl (C=O) groups is 1. The van der Waals surface area contributed by atoms with Gasteiger partial charge in [0.05, 0.1) is 17.6 Å². The van der Waals surface area contributed by atoms with Gasteiger partial charge in [-0.3, -0.25) is 9.78 Å². The number of benzene rings is 1. The molecule has 0 fully saturated rings. The Balaban J connectivity index is 1.54. The van der Waals surface area contributed by atoms with E-state index in [1.165, 1.54) is 12.1 Å². The average molecular weight is 304 g/mol. The van der Waals surface area contributed by atoms with E-state index in [-0.39, 0.29) is 24.7 Å². The van der Waals surface area contributed by atoms with Crippen LogP contribution in [-0.2, 0) is 17.8 Å². The highest BCUT2D eigenvalue weighted by molar-refractivity contribution is 5.77. The molecule has 0 unspecified atom stereocenters. The number of aromatic nitrogens is 5. The van der Waals surface area contributed by atoms with Crippen molar-refractivity contribution in [2.75, 3.05) is 0 Å². The third-order valence-corrected chi connectivity index (χ3v) is 3.09. The standard InChI is InChI=1S/C13H13FN6O2/c14-7-1-2-8-9(5-7)17-10(16-8)3-4-12(21)15-6-11-18-13(22)20-19-11/h1-2,5H,3-4,6H2,(H,15,21)(H,16,17)(H2,18,19,20,22). The predicted molar refractivity (Wildman–Crippen MR) is 75.4 cm³/mol. The molecule has 3 rings (SSSR count). The molecule has 0 saturated heterocycles. The van der Waals surface area contributed by atoms with E-state index in [1.807, 2.05) is 0 Å². The number of aromatic amines is 3. The van der Waals surface area contributed by atoms with E-state index in [0.29, 0.717) is 29.1 Å². The van der Waals surface area contributed by atoms with Gasteiger partial charge in [0.25, 0.3) is 0 Å². The molecule has 9 heteroatoms. The number of imidazole rings is 1. The van der Waals surface area contributed by atoms with Crippen molar-refractivity contribution in [1.29, 1.82) is 0 Å².